The van der Waals surface area contributed by atoms with Gasteiger partial charge in [-0.1, -0.05) is 6.58 Å². The van der Waals surface area contributed by atoms with Gasteiger partial charge in [0.1, 0.15) is 0 Å². The molecule has 0 unspecified atom stereocenters. The van der Waals surface area contributed by atoms with Crippen LogP contribution in [0.2, 0.25) is 0 Å². The number of likely N-dealkylation sites (N-methyl/N-ethyl adjacent to an activating group) is 1. The minimum absolute atomic E-state index is 0. The van der Waals surface area contributed by atoms with Gasteiger partial charge in [0.2, 0.25) is 0 Å². The third kappa shape index (κ3) is 4.28. The Kier molecular flexibility index (Phi) is 8.04. The summed E-state index contributed by atoms with van der Waals surface area (Å²) >= 11 is 0. The minimum atomic E-state index is 0. The zero-order chi connectivity index (χ0) is 7.33. The summed E-state index contributed by atoms with van der Waals surface area (Å²) in [6.07, 6.45) is 1.99. The molecule has 2 heteroatoms. The van der Waals surface area contributed by atoms with Crippen molar-refractivity contribution in [2.75, 3.05) is 26.7 Å². The van der Waals surface area contributed by atoms with Crippen LogP contribution in [0.3, 0.4) is 0 Å². The van der Waals surface area contributed by atoms with Crippen molar-refractivity contribution in [1.82, 2.24) is 0 Å². The predicted octanol–water partition coefficient (Wildman–Crippen LogP) is -1.34. The zero-order valence-electron chi connectivity index (χ0n) is 7.23. The lowest BCUT2D eigenvalue weighted by Gasteiger charge is -2.30. The maximum absolute atomic E-state index is 3.73. The summed E-state index contributed by atoms with van der Waals surface area (Å²) in [5.74, 6) is 0. The summed E-state index contributed by atoms with van der Waals surface area (Å²) < 4.78 is 1.11. The highest BCUT2D eigenvalue weighted by atomic mass is 127. The Labute approximate surface area is 81.7 Å². The van der Waals surface area contributed by atoms with Crippen LogP contribution >= 0.6 is 0 Å². The standard InChI is InChI=1S/C8H18N.HI/c1-5-8-9(4,6-2)7-3;/h5H,1,6-8H2,2-4H3;1H/q+1;/p-1. The van der Waals surface area contributed by atoms with Gasteiger partial charge in [0, 0.05) is 0 Å². The van der Waals surface area contributed by atoms with E-state index in [0.29, 0.717) is 0 Å². The van der Waals surface area contributed by atoms with E-state index in [1.807, 2.05) is 6.08 Å². The van der Waals surface area contributed by atoms with Crippen molar-refractivity contribution in [3.63, 3.8) is 0 Å². The van der Waals surface area contributed by atoms with Crippen LogP contribution in [0.1, 0.15) is 13.8 Å². The molecular weight excluding hydrogens is 237 g/mol. The number of halogens is 1. The molecule has 0 aromatic heterocycles. The lowest BCUT2D eigenvalue weighted by molar-refractivity contribution is -0.900. The molecule has 0 atom stereocenters. The molecule has 0 N–H and O–H groups in total. The Balaban J connectivity index is 0. The third-order valence-corrected chi connectivity index (χ3v) is 2.10. The molecule has 0 saturated carbocycles. The van der Waals surface area contributed by atoms with Gasteiger partial charge in [-0.3, -0.25) is 0 Å². The largest absolute Gasteiger partial charge is 1.00 e. The van der Waals surface area contributed by atoms with Crippen LogP contribution < -0.4 is 24.0 Å². The number of nitrogens with zero attached hydrogens (tertiary/aromatic N) is 1. The van der Waals surface area contributed by atoms with E-state index in [2.05, 4.69) is 27.5 Å². The molecule has 62 valence electrons. The number of hydrogen-bond acceptors (Lipinski definition) is 0. The fourth-order valence-electron chi connectivity index (χ4n) is 0.793. The number of quaternary nitrogens is 1. The molecule has 0 radical (unpaired) electrons. The predicted molar refractivity (Wildman–Crippen MR) is 42.3 cm³/mol. The summed E-state index contributed by atoms with van der Waals surface area (Å²) in [5, 5.41) is 0. The first kappa shape index (κ1) is 13.1. The molecule has 0 spiro atoms. The van der Waals surface area contributed by atoms with E-state index in [-0.39, 0.29) is 24.0 Å². The van der Waals surface area contributed by atoms with Crippen molar-refractivity contribution < 1.29 is 28.5 Å². The van der Waals surface area contributed by atoms with E-state index in [1.165, 1.54) is 13.1 Å². The van der Waals surface area contributed by atoms with Gasteiger partial charge < -0.3 is 28.5 Å². The van der Waals surface area contributed by atoms with Crippen molar-refractivity contribution in [3.8, 4) is 0 Å². The van der Waals surface area contributed by atoms with Crippen molar-refractivity contribution in [2.45, 2.75) is 13.8 Å². The summed E-state index contributed by atoms with van der Waals surface area (Å²) in [4.78, 5) is 0. The van der Waals surface area contributed by atoms with Gasteiger partial charge in [-0.25, -0.2) is 0 Å². The second-order valence-corrected chi connectivity index (χ2v) is 2.72. The summed E-state index contributed by atoms with van der Waals surface area (Å²) in [6.45, 7) is 11.6. The van der Waals surface area contributed by atoms with Crippen molar-refractivity contribution >= 4 is 0 Å². The lowest BCUT2D eigenvalue weighted by Crippen LogP contribution is -3.00. The highest BCUT2D eigenvalue weighted by Gasteiger charge is 2.12. The van der Waals surface area contributed by atoms with Gasteiger partial charge in [-0.2, -0.15) is 0 Å². The summed E-state index contributed by atoms with van der Waals surface area (Å²) in [7, 11) is 2.25. The summed E-state index contributed by atoms with van der Waals surface area (Å²) in [5.41, 5.74) is 0. The molecule has 0 heterocycles. The molecule has 0 aromatic carbocycles. The quantitative estimate of drug-likeness (QED) is 0.331. The highest BCUT2D eigenvalue weighted by Crippen LogP contribution is 1.99. The molecule has 0 aromatic rings. The van der Waals surface area contributed by atoms with E-state index in [0.717, 1.165) is 11.0 Å². The monoisotopic (exact) mass is 255 g/mol. The molecule has 1 nitrogen and oxygen atoms in total. The SMILES string of the molecule is C=CC[N+](C)(CC)CC.[I-]. The van der Waals surface area contributed by atoms with E-state index in [9.17, 15) is 0 Å². The topological polar surface area (TPSA) is 0 Å². The average Bonchev–Trinajstić information content (AvgIpc) is 1.89. The van der Waals surface area contributed by atoms with Crippen LogP contribution in [0.25, 0.3) is 0 Å². The molecule has 0 saturated heterocycles. The molecular formula is C8H18IN. The molecule has 0 aliphatic rings. The second kappa shape index (κ2) is 6.16. The molecule has 0 aliphatic carbocycles. The van der Waals surface area contributed by atoms with Crippen LogP contribution in [0, 0.1) is 0 Å². The molecule has 0 aliphatic heterocycles. The van der Waals surface area contributed by atoms with E-state index >= 15 is 0 Å². The molecule has 0 fully saturated rings. The second-order valence-electron chi connectivity index (χ2n) is 2.72. The lowest BCUT2D eigenvalue weighted by atomic mass is 10.4. The smallest absolute Gasteiger partial charge is 0.0968 e. The molecule has 0 bridgehead atoms. The normalized spacial score (nSPS) is 10.3. The van der Waals surface area contributed by atoms with Gasteiger partial charge in [0.05, 0.1) is 26.7 Å². The van der Waals surface area contributed by atoms with Gasteiger partial charge in [-0.15, -0.1) is 0 Å². The first-order valence-electron chi connectivity index (χ1n) is 3.63. The van der Waals surface area contributed by atoms with Crippen LogP contribution in [0.4, 0.5) is 0 Å². The number of hydrogen-bond donors (Lipinski definition) is 0. The Morgan fingerprint density at radius 2 is 1.70 bits per heavy atom. The third-order valence-electron chi connectivity index (χ3n) is 2.10. The molecule has 0 rings (SSSR count). The summed E-state index contributed by atoms with van der Waals surface area (Å²) in [6, 6.07) is 0. The van der Waals surface area contributed by atoms with Gasteiger partial charge >= 0.3 is 0 Å². The van der Waals surface area contributed by atoms with Crippen molar-refractivity contribution in [3.05, 3.63) is 12.7 Å². The maximum atomic E-state index is 3.73. The first-order valence-corrected chi connectivity index (χ1v) is 3.63. The molecule has 0 amide bonds. The minimum Gasteiger partial charge on any atom is -1.00 e. The van der Waals surface area contributed by atoms with Crippen LogP contribution in [-0.2, 0) is 0 Å². The van der Waals surface area contributed by atoms with Gasteiger partial charge in [-0.05, 0) is 19.9 Å². The average molecular weight is 255 g/mol. The van der Waals surface area contributed by atoms with E-state index in [4.69, 9.17) is 0 Å². The Morgan fingerprint density at radius 3 is 1.80 bits per heavy atom. The number of rotatable bonds is 4. The van der Waals surface area contributed by atoms with E-state index < -0.39 is 0 Å². The van der Waals surface area contributed by atoms with Crippen molar-refractivity contribution in [1.29, 1.82) is 0 Å². The van der Waals surface area contributed by atoms with Crippen molar-refractivity contribution in [2.24, 2.45) is 0 Å². The fourth-order valence-corrected chi connectivity index (χ4v) is 0.793. The van der Waals surface area contributed by atoms with Gasteiger partial charge in [0.25, 0.3) is 0 Å². The molecule has 10 heavy (non-hydrogen) atoms. The van der Waals surface area contributed by atoms with Crippen LogP contribution in [0.5, 0.6) is 0 Å². The zero-order valence-corrected chi connectivity index (χ0v) is 9.39. The Hall–Kier alpha value is 0.430. The first-order chi connectivity index (χ1) is 4.18. The van der Waals surface area contributed by atoms with E-state index in [1.54, 1.807) is 0 Å². The maximum Gasteiger partial charge on any atom is 0.0968 e. The van der Waals surface area contributed by atoms with Gasteiger partial charge in [0.15, 0.2) is 0 Å². The van der Waals surface area contributed by atoms with Crippen LogP contribution in [0.15, 0.2) is 12.7 Å². The Morgan fingerprint density at radius 1 is 1.30 bits per heavy atom. The fraction of sp³-hybridized carbons (Fsp3) is 0.750. The Bertz CT molecular complexity index is 87.3. The van der Waals surface area contributed by atoms with Crippen LogP contribution in [-0.4, -0.2) is 31.2 Å². The highest BCUT2D eigenvalue weighted by molar-refractivity contribution is 4.64.